The first-order chi connectivity index (χ1) is 10.2. The molecule has 3 rings (SSSR count). The number of rotatable bonds is 2. The van der Waals surface area contributed by atoms with Crippen molar-refractivity contribution in [1.29, 1.82) is 0 Å². The van der Waals surface area contributed by atoms with E-state index in [2.05, 4.69) is 87.7 Å². The monoisotopic (exact) mass is 344 g/mol. The molecule has 1 fully saturated rings. The van der Waals surface area contributed by atoms with E-state index >= 15 is 0 Å². The minimum Gasteiger partial charge on any atom is -0.368 e. The molecule has 1 atom stereocenters. The van der Waals surface area contributed by atoms with Gasteiger partial charge in [0.25, 0.3) is 0 Å². The van der Waals surface area contributed by atoms with Gasteiger partial charge in [0.15, 0.2) is 0 Å². The Kier molecular flexibility index (Phi) is 4.32. The smallest absolute Gasteiger partial charge is 0.0583 e. The van der Waals surface area contributed by atoms with Crippen LogP contribution in [0.1, 0.15) is 18.9 Å². The predicted octanol–water partition coefficient (Wildman–Crippen LogP) is 4.16. The molecule has 2 nitrogen and oxygen atoms in total. The lowest BCUT2D eigenvalue weighted by molar-refractivity contribution is 0.392. The van der Waals surface area contributed by atoms with Crippen molar-refractivity contribution >= 4 is 21.6 Å². The standard InChI is InChI=1S/C18H21BrN2/c1-18(15-8-3-2-4-9-15)14-21(13-7-12-20-18)17-11-6-5-10-16(17)19/h2-6,8-11,20H,7,12-14H2,1H3. The Hall–Kier alpha value is -1.32. The van der Waals surface area contributed by atoms with Crippen LogP contribution in [0.2, 0.25) is 0 Å². The summed E-state index contributed by atoms with van der Waals surface area (Å²) in [6.07, 6.45) is 1.16. The van der Waals surface area contributed by atoms with Crippen molar-refractivity contribution in [2.45, 2.75) is 18.9 Å². The fraction of sp³-hybridized carbons (Fsp3) is 0.333. The van der Waals surface area contributed by atoms with Crippen LogP contribution >= 0.6 is 15.9 Å². The topological polar surface area (TPSA) is 15.3 Å². The Morgan fingerprint density at radius 2 is 1.76 bits per heavy atom. The molecule has 1 unspecified atom stereocenters. The number of para-hydroxylation sites is 1. The molecule has 0 aliphatic carbocycles. The molecular weight excluding hydrogens is 324 g/mol. The van der Waals surface area contributed by atoms with Crippen LogP contribution in [0.4, 0.5) is 5.69 Å². The molecule has 2 aromatic carbocycles. The maximum absolute atomic E-state index is 3.74. The van der Waals surface area contributed by atoms with Gasteiger partial charge in [0.05, 0.1) is 11.2 Å². The van der Waals surface area contributed by atoms with Gasteiger partial charge in [-0.1, -0.05) is 42.5 Å². The van der Waals surface area contributed by atoms with Crippen molar-refractivity contribution in [3.8, 4) is 0 Å². The molecular formula is C18H21BrN2. The lowest BCUT2D eigenvalue weighted by atomic mass is 9.91. The lowest BCUT2D eigenvalue weighted by Gasteiger charge is -2.35. The van der Waals surface area contributed by atoms with Gasteiger partial charge >= 0.3 is 0 Å². The van der Waals surface area contributed by atoms with Gasteiger partial charge in [-0.05, 0) is 53.5 Å². The van der Waals surface area contributed by atoms with Crippen LogP contribution in [-0.4, -0.2) is 19.6 Å². The normalized spacial score (nSPS) is 22.9. The summed E-state index contributed by atoms with van der Waals surface area (Å²) in [7, 11) is 0. The van der Waals surface area contributed by atoms with Crippen molar-refractivity contribution in [3.05, 3.63) is 64.6 Å². The summed E-state index contributed by atoms with van der Waals surface area (Å²) in [4.78, 5) is 2.48. The zero-order valence-electron chi connectivity index (χ0n) is 12.3. The Bertz CT molecular complexity index is 599. The number of halogens is 1. The van der Waals surface area contributed by atoms with Crippen LogP contribution in [0.5, 0.6) is 0 Å². The van der Waals surface area contributed by atoms with Crippen LogP contribution < -0.4 is 10.2 Å². The van der Waals surface area contributed by atoms with E-state index < -0.39 is 0 Å². The summed E-state index contributed by atoms with van der Waals surface area (Å²) in [6.45, 7) is 5.40. The molecule has 0 aromatic heterocycles. The second-order valence-corrected chi connectivity index (χ2v) is 6.71. The fourth-order valence-electron chi connectivity index (χ4n) is 3.06. The van der Waals surface area contributed by atoms with Crippen molar-refractivity contribution in [1.82, 2.24) is 5.32 Å². The Labute approximate surface area is 135 Å². The third kappa shape index (κ3) is 3.14. The lowest BCUT2D eigenvalue weighted by Crippen LogP contribution is -2.46. The van der Waals surface area contributed by atoms with E-state index in [1.165, 1.54) is 15.7 Å². The predicted molar refractivity (Wildman–Crippen MR) is 92.8 cm³/mol. The van der Waals surface area contributed by atoms with E-state index in [9.17, 15) is 0 Å². The summed E-state index contributed by atoms with van der Waals surface area (Å²) in [5.41, 5.74) is 2.61. The van der Waals surface area contributed by atoms with Gasteiger partial charge in [-0.2, -0.15) is 0 Å². The Morgan fingerprint density at radius 3 is 2.52 bits per heavy atom. The Balaban J connectivity index is 1.93. The number of nitrogens with one attached hydrogen (secondary N) is 1. The molecule has 0 amide bonds. The van der Waals surface area contributed by atoms with E-state index in [0.717, 1.165) is 26.1 Å². The van der Waals surface area contributed by atoms with E-state index in [0.29, 0.717) is 0 Å². The number of benzene rings is 2. The van der Waals surface area contributed by atoms with Crippen LogP contribution in [0.3, 0.4) is 0 Å². The second-order valence-electron chi connectivity index (χ2n) is 5.85. The molecule has 0 spiro atoms. The SMILES string of the molecule is CC1(c2ccccc2)CN(c2ccccc2Br)CCCN1. The molecule has 3 heteroatoms. The van der Waals surface area contributed by atoms with E-state index in [1.54, 1.807) is 0 Å². The van der Waals surface area contributed by atoms with Crippen LogP contribution in [0.15, 0.2) is 59.1 Å². The molecule has 1 N–H and O–H groups in total. The molecule has 0 bridgehead atoms. The third-order valence-corrected chi connectivity index (χ3v) is 4.90. The highest BCUT2D eigenvalue weighted by Crippen LogP contribution is 2.31. The minimum absolute atomic E-state index is 0.0208. The van der Waals surface area contributed by atoms with Gasteiger partial charge in [-0.3, -0.25) is 0 Å². The molecule has 1 aliphatic heterocycles. The van der Waals surface area contributed by atoms with Gasteiger partial charge < -0.3 is 10.2 Å². The van der Waals surface area contributed by atoms with Gasteiger partial charge in [-0.15, -0.1) is 0 Å². The molecule has 0 saturated carbocycles. The first-order valence-corrected chi connectivity index (χ1v) is 8.28. The van der Waals surface area contributed by atoms with E-state index in [-0.39, 0.29) is 5.54 Å². The third-order valence-electron chi connectivity index (χ3n) is 4.23. The maximum atomic E-state index is 3.74. The first-order valence-electron chi connectivity index (χ1n) is 7.49. The zero-order chi connectivity index (χ0) is 14.7. The number of anilines is 1. The van der Waals surface area contributed by atoms with Gasteiger partial charge in [-0.25, -0.2) is 0 Å². The highest BCUT2D eigenvalue weighted by atomic mass is 79.9. The van der Waals surface area contributed by atoms with Crippen molar-refractivity contribution in [3.63, 3.8) is 0 Å². The number of hydrogen-bond acceptors (Lipinski definition) is 2. The van der Waals surface area contributed by atoms with E-state index in [4.69, 9.17) is 0 Å². The highest BCUT2D eigenvalue weighted by molar-refractivity contribution is 9.10. The zero-order valence-corrected chi connectivity index (χ0v) is 13.9. The summed E-state index contributed by atoms with van der Waals surface area (Å²) >= 11 is 3.69. The molecule has 110 valence electrons. The molecule has 2 aromatic rings. The summed E-state index contributed by atoms with van der Waals surface area (Å²) in [5.74, 6) is 0. The molecule has 0 radical (unpaired) electrons. The molecule has 1 saturated heterocycles. The van der Waals surface area contributed by atoms with Crippen LogP contribution in [-0.2, 0) is 5.54 Å². The van der Waals surface area contributed by atoms with Crippen LogP contribution in [0.25, 0.3) is 0 Å². The van der Waals surface area contributed by atoms with Crippen LogP contribution in [0, 0.1) is 0 Å². The van der Waals surface area contributed by atoms with Crippen molar-refractivity contribution < 1.29 is 0 Å². The van der Waals surface area contributed by atoms with Gasteiger partial charge in [0.2, 0.25) is 0 Å². The number of nitrogens with zero attached hydrogens (tertiary/aromatic N) is 1. The fourth-order valence-corrected chi connectivity index (χ4v) is 3.60. The molecule has 1 aliphatic rings. The maximum Gasteiger partial charge on any atom is 0.0583 e. The average molecular weight is 345 g/mol. The molecule has 21 heavy (non-hydrogen) atoms. The van der Waals surface area contributed by atoms with Gasteiger partial charge in [0, 0.05) is 17.6 Å². The largest absolute Gasteiger partial charge is 0.368 e. The average Bonchev–Trinajstić information content (AvgIpc) is 2.72. The summed E-state index contributed by atoms with van der Waals surface area (Å²) in [5, 5.41) is 3.74. The second kappa shape index (κ2) is 6.20. The summed E-state index contributed by atoms with van der Waals surface area (Å²) in [6, 6.07) is 19.3. The quantitative estimate of drug-likeness (QED) is 0.879. The van der Waals surface area contributed by atoms with Crippen molar-refractivity contribution in [2.24, 2.45) is 0 Å². The number of hydrogen-bond donors (Lipinski definition) is 1. The highest BCUT2D eigenvalue weighted by Gasteiger charge is 2.31. The van der Waals surface area contributed by atoms with Gasteiger partial charge in [0.1, 0.15) is 0 Å². The first kappa shape index (κ1) is 14.6. The summed E-state index contributed by atoms with van der Waals surface area (Å²) < 4.78 is 1.17. The molecule has 1 heterocycles. The van der Waals surface area contributed by atoms with Crippen molar-refractivity contribution in [2.75, 3.05) is 24.5 Å². The Morgan fingerprint density at radius 1 is 1.05 bits per heavy atom. The van der Waals surface area contributed by atoms with E-state index in [1.807, 2.05) is 0 Å². The minimum atomic E-state index is -0.0208.